The lowest BCUT2D eigenvalue weighted by Crippen LogP contribution is -2.49. The first kappa shape index (κ1) is 56.4. The lowest BCUT2D eigenvalue weighted by molar-refractivity contribution is -0.131. The van der Waals surface area contributed by atoms with Gasteiger partial charge in [0.2, 0.25) is 5.91 Å². The lowest BCUT2D eigenvalue weighted by Gasteiger charge is -2.23. The van der Waals surface area contributed by atoms with Crippen LogP contribution in [0.1, 0.15) is 303 Å². The van der Waals surface area contributed by atoms with E-state index in [1.54, 1.807) is 0 Å². The maximum absolute atomic E-state index is 12.5. The van der Waals surface area contributed by atoms with Crippen molar-refractivity contribution in [1.82, 2.24) is 5.32 Å². The molecule has 0 radical (unpaired) electrons. The first-order valence-corrected chi connectivity index (χ1v) is 26.3. The molecule has 57 heavy (non-hydrogen) atoms. The number of amides is 1. The summed E-state index contributed by atoms with van der Waals surface area (Å²) in [6.07, 6.45) is 57.0. The molecule has 0 aliphatic carbocycles. The molecule has 0 fully saturated rings. The maximum Gasteiger partial charge on any atom is 0.249 e. The van der Waals surface area contributed by atoms with Crippen molar-refractivity contribution in [3.63, 3.8) is 0 Å². The number of hydrogen-bond acceptors (Lipinski definition) is 4. The summed E-state index contributed by atoms with van der Waals surface area (Å²) in [4.78, 5) is 12.5. The third-order valence-corrected chi connectivity index (χ3v) is 12.7. The van der Waals surface area contributed by atoms with E-state index < -0.39 is 24.2 Å². The number of carbonyl (C=O) groups is 1. The topological polar surface area (TPSA) is 89.8 Å². The molecule has 0 saturated heterocycles. The molecule has 5 nitrogen and oxygen atoms in total. The summed E-state index contributed by atoms with van der Waals surface area (Å²) in [5.41, 5.74) is 0. The van der Waals surface area contributed by atoms with Crippen molar-refractivity contribution >= 4 is 5.91 Å². The largest absolute Gasteiger partial charge is 0.394 e. The molecule has 3 unspecified atom stereocenters. The van der Waals surface area contributed by atoms with E-state index in [-0.39, 0.29) is 6.61 Å². The summed E-state index contributed by atoms with van der Waals surface area (Å²) >= 11 is 0. The molecule has 0 rings (SSSR count). The van der Waals surface area contributed by atoms with Crippen LogP contribution >= 0.6 is 0 Å². The van der Waals surface area contributed by atoms with Crippen molar-refractivity contribution in [3.05, 3.63) is 0 Å². The molecule has 0 saturated carbocycles. The third-order valence-electron chi connectivity index (χ3n) is 12.7. The number of aliphatic hydroxyl groups excluding tert-OH is 3. The fourth-order valence-corrected chi connectivity index (χ4v) is 8.61. The fraction of sp³-hybridized carbons (Fsp3) is 0.981. The molecule has 0 bridgehead atoms. The molecular formula is C52H105NO4. The second-order valence-electron chi connectivity index (χ2n) is 18.5. The van der Waals surface area contributed by atoms with Crippen LogP contribution < -0.4 is 5.32 Å². The van der Waals surface area contributed by atoms with Crippen LogP contribution in [0.25, 0.3) is 0 Å². The Morgan fingerprint density at radius 3 is 0.789 bits per heavy atom. The molecule has 0 aliphatic heterocycles. The van der Waals surface area contributed by atoms with E-state index in [1.165, 1.54) is 244 Å². The average Bonchev–Trinajstić information content (AvgIpc) is 3.22. The van der Waals surface area contributed by atoms with E-state index in [0.29, 0.717) is 12.8 Å². The molecule has 0 heterocycles. The van der Waals surface area contributed by atoms with Crippen molar-refractivity contribution in [2.75, 3.05) is 6.61 Å². The minimum atomic E-state index is -1.07. The number of unbranched alkanes of at least 4 members (excludes halogenated alkanes) is 41. The van der Waals surface area contributed by atoms with Gasteiger partial charge >= 0.3 is 0 Å². The highest BCUT2D eigenvalue weighted by Gasteiger charge is 2.23. The zero-order valence-electron chi connectivity index (χ0n) is 39.0. The number of hydrogen-bond donors (Lipinski definition) is 4. The van der Waals surface area contributed by atoms with Gasteiger partial charge in [0.05, 0.1) is 18.8 Å². The predicted octanol–water partition coefficient (Wildman–Crippen LogP) is 15.8. The van der Waals surface area contributed by atoms with E-state index in [4.69, 9.17) is 0 Å². The zero-order valence-corrected chi connectivity index (χ0v) is 39.0. The lowest BCUT2D eigenvalue weighted by atomic mass is 10.0. The Hall–Kier alpha value is -0.650. The Balaban J connectivity index is 3.52. The van der Waals surface area contributed by atoms with Gasteiger partial charge in [-0.3, -0.25) is 4.79 Å². The second kappa shape index (κ2) is 48.0. The summed E-state index contributed by atoms with van der Waals surface area (Å²) in [6.45, 7) is 4.27. The number of rotatable bonds is 49. The SMILES string of the molecule is CCCCCCCCCCCCCCCCCCCCCCCCCC(O)C(CO)NC(=O)C(O)CCCCCCCCCCCCCCCCCCCCCC. The molecule has 1 amide bonds. The van der Waals surface area contributed by atoms with Gasteiger partial charge in [-0.1, -0.05) is 290 Å². The van der Waals surface area contributed by atoms with Gasteiger partial charge in [-0.25, -0.2) is 0 Å². The molecule has 0 aromatic carbocycles. The summed E-state index contributed by atoms with van der Waals surface area (Å²) in [7, 11) is 0. The minimum Gasteiger partial charge on any atom is -0.394 e. The van der Waals surface area contributed by atoms with Crippen LogP contribution in [0.15, 0.2) is 0 Å². The van der Waals surface area contributed by atoms with Crippen LogP contribution in [-0.4, -0.2) is 46.1 Å². The molecule has 0 aliphatic rings. The van der Waals surface area contributed by atoms with Crippen molar-refractivity contribution in [3.8, 4) is 0 Å². The van der Waals surface area contributed by atoms with Gasteiger partial charge in [-0.05, 0) is 12.8 Å². The minimum absolute atomic E-state index is 0.307. The number of carbonyl (C=O) groups excluding carboxylic acids is 1. The van der Waals surface area contributed by atoms with Crippen LogP contribution in [0.5, 0.6) is 0 Å². The first-order chi connectivity index (χ1) is 28.1. The van der Waals surface area contributed by atoms with Crippen LogP contribution in [0.4, 0.5) is 0 Å². The van der Waals surface area contributed by atoms with E-state index in [1.807, 2.05) is 0 Å². The third kappa shape index (κ3) is 43.3. The standard InChI is InChI=1S/C52H105NO4/c1-3-5-7-9-11-13-15-17-19-21-23-25-26-27-29-30-32-34-36-38-40-42-44-46-50(55)49(48-54)53-52(57)51(56)47-45-43-41-39-37-35-33-31-28-24-22-20-18-16-14-12-10-8-6-4-2/h49-51,54-56H,3-48H2,1-2H3,(H,53,57). The molecule has 342 valence electrons. The molecule has 5 heteroatoms. The summed E-state index contributed by atoms with van der Waals surface area (Å²) < 4.78 is 0. The van der Waals surface area contributed by atoms with Gasteiger partial charge in [0, 0.05) is 0 Å². The molecule has 0 aromatic rings. The van der Waals surface area contributed by atoms with Crippen LogP contribution in [0.3, 0.4) is 0 Å². The normalized spacial score (nSPS) is 13.3. The smallest absolute Gasteiger partial charge is 0.249 e. The van der Waals surface area contributed by atoms with Crippen molar-refractivity contribution in [1.29, 1.82) is 0 Å². The molecule has 3 atom stereocenters. The highest BCUT2D eigenvalue weighted by Crippen LogP contribution is 2.18. The quantitative estimate of drug-likeness (QED) is 0.0461. The second-order valence-corrected chi connectivity index (χ2v) is 18.5. The Labute approximate surface area is 357 Å². The molecule has 0 aromatic heterocycles. The molecular weight excluding hydrogens is 703 g/mol. The zero-order chi connectivity index (χ0) is 41.5. The molecule has 0 spiro atoms. The summed E-state index contributed by atoms with van der Waals surface area (Å²) in [5.74, 6) is -0.463. The first-order valence-electron chi connectivity index (χ1n) is 26.3. The van der Waals surface area contributed by atoms with Gasteiger partial charge in [0.15, 0.2) is 0 Å². The van der Waals surface area contributed by atoms with Gasteiger partial charge in [0.1, 0.15) is 6.10 Å². The van der Waals surface area contributed by atoms with Crippen LogP contribution in [0, 0.1) is 0 Å². The monoisotopic (exact) mass is 808 g/mol. The number of nitrogens with one attached hydrogen (secondary N) is 1. The van der Waals surface area contributed by atoms with Crippen LogP contribution in [-0.2, 0) is 4.79 Å². The highest BCUT2D eigenvalue weighted by atomic mass is 16.3. The summed E-state index contributed by atoms with van der Waals surface area (Å²) in [5, 5.41) is 33.5. The van der Waals surface area contributed by atoms with E-state index >= 15 is 0 Å². The van der Waals surface area contributed by atoms with Crippen molar-refractivity contribution < 1.29 is 20.1 Å². The Bertz CT molecular complexity index is 762. The van der Waals surface area contributed by atoms with Gasteiger partial charge in [-0.2, -0.15) is 0 Å². The molecule has 4 N–H and O–H groups in total. The van der Waals surface area contributed by atoms with Gasteiger partial charge < -0.3 is 20.6 Å². The van der Waals surface area contributed by atoms with Gasteiger partial charge in [-0.15, -0.1) is 0 Å². The predicted molar refractivity (Wildman–Crippen MR) is 250 cm³/mol. The highest BCUT2D eigenvalue weighted by molar-refractivity contribution is 5.80. The van der Waals surface area contributed by atoms with Crippen molar-refractivity contribution in [2.45, 2.75) is 321 Å². The van der Waals surface area contributed by atoms with Gasteiger partial charge in [0.25, 0.3) is 0 Å². The van der Waals surface area contributed by atoms with E-state index in [0.717, 1.165) is 32.1 Å². The average molecular weight is 808 g/mol. The van der Waals surface area contributed by atoms with Crippen LogP contribution in [0.2, 0.25) is 0 Å². The Kier molecular flexibility index (Phi) is 47.5. The Morgan fingerprint density at radius 2 is 0.561 bits per heavy atom. The maximum atomic E-state index is 12.5. The summed E-state index contributed by atoms with van der Waals surface area (Å²) in [6, 6.07) is -0.707. The fourth-order valence-electron chi connectivity index (χ4n) is 8.61. The van der Waals surface area contributed by atoms with E-state index in [9.17, 15) is 20.1 Å². The number of aliphatic hydroxyl groups is 3. The Morgan fingerprint density at radius 1 is 0.351 bits per heavy atom. The van der Waals surface area contributed by atoms with E-state index in [2.05, 4.69) is 19.2 Å². The van der Waals surface area contributed by atoms with Crippen molar-refractivity contribution in [2.24, 2.45) is 0 Å².